The fraction of sp³-hybridized carbons (Fsp3) is 0.0909. The standard InChI is InChI=1S/C11H10ClN3/c12-11-2-1-10(8-15-11)14-7-9-3-5-13-6-4-9/h1-6,8,14H,7H2. The molecule has 0 aliphatic carbocycles. The first-order chi connectivity index (χ1) is 7.34. The van der Waals surface area contributed by atoms with Crippen molar-refractivity contribution >= 4 is 17.3 Å². The third-order valence-electron chi connectivity index (χ3n) is 1.97. The van der Waals surface area contributed by atoms with E-state index >= 15 is 0 Å². The van der Waals surface area contributed by atoms with Crippen LogP contribution < -0.4 is 5.32 Å². The molecular weight excluding hydrogens is 210 g/mol. The highest BCUT2D eigenvalue weighted by atomic mass is 35.5. The number of pyridine rings is 2. The van der Waals surface area contributed by atoms with E-state index < -0.39 is 0 Å². The van der Waals surface area contributed by atoms with E-state index in [9.17, 15) is 0 Å². The van der Waals surface area contributed by atoms with E-state index in [0.717, 1.165) is 12.2 Å². The van der Waals surface area contributed by atoms with Gasteiger partial charge in [0.05, 0.1) is 11.9 Å². The second kappa shape index (κ2) is 4.75. The predicted molar refractivity (Wildman–Crippen MR) is 60.8 cm³/mol. The van der Waals surface area contributed by atoms with E-state index in [1.165, 1.54) is 5.56 Å². The quantitative estimate of drug-likeness (QED) is 0.807. The highest BCUT2D eigenvalue weighted by Crippen LogP contribution is 2.10. The van der Waals surface area contributed by atoms with Crippen molar-refractivity contribution in [3.05, 3.63) is 53.6 Å². The molecule has 2 aromatic heterocycles. The molecule has 2 aromatic rings. The molecule has 0 aliphatic rings. The lowest BCUT2D eigenvalue weighted by Gasteiger charge is -2.05. The van der Waals surface area contributed by atoms with Crippen LogP contribution >= 0.6 is 11.6 Å². The summed E-state index contributed by atoms with van der Waals surface area (Å²) in [6, 6.07) is 7.60. The van der Waals surface area contributed by atoms with Gasteiger partial charge in [-0.25, -0.2) is 4.98 Å². The molecular formula is C11H10ClN3. The lowest BCUT2D eigenvalue weighted by Crippen LogP contribution is -1.99. The smallest absolute Gasteiger partial charge is 0.129 e. The van der Waals surface area contributed by atoms with Gasteiger partial charge in [0.2, 0.25) is 0 Å². The molecule has 76 valence electrons. The van der Waals surface area contributed by atoms with Crippen molar-refractivity contribution < 1.29 is 0 Å². The Morgan fingerprint density at radius 3 is 2.60 bits per heavy atom. The van der Waals surface area contributed by atoms with E-state index in [0.29, 0.717) is 5.15 Å². The maximum absolute atomic E-state index is 5.68. The molecule has 2 heterocycles. The summed E-state index contributed by atoms with van der Waals surface area (Å²) in [7, 11) is 0. The summed E-state index contributed by atoms with van der Waals surface area (Å²) in [6.45, 7) is 0.756. The largest absolute Gasteiger partial charge is 0.380 e. The van der Waals surface area contributed by atoms with Crippen molar-refractivity contribution in [2.24, 2.45) is 0 Å². The van der Waals surface area contributed by atoms with Crippen LogP contribution in [0.5, 0.6) is 0 Å². The van der Waals surface area contributed by atoms with Crippen molar-refractivity contribution in [3.8, 4) is 0 Å². The summed E-state index contributed by atoms with van der Waals surface area (Å²) in [6.07, 6.45) is 5.26. The Labute approximate surface area is 93.1 Å². The number of rotatable bonds is 3. The van der Waals surface area contributed by atoms with Gasteiger partial charge in [-0.1, -0.05) is 11.6 Å². The minimum Gasteiger partial charge on any atom is -0.380 e. The summed E-state index contributed by atoms with van der Waals surface area (Å²) < 4.78 is 0. The second-order valence-electron chi connectivity index (χ2n) is 3.08. The first-order valence-electron chi connectivity index (χ1n) is 4.59. The number of hydrogen-bond donors (Lipinski definition) is 1. The lowest BCUT2D eigenvalue weighted by atomic mass is 10.2. The molecule has 1 N–H and O–H groups in total. The average molecular weight is 220 g/mol. The molecule has 0 fully saturated rings. The number of nitrogens with zero attached hydrogens (tertiary/aromatic N) is 2. The Kier molecular flexibility index (Phi) is 3.15. The number of halogens is 1. The molecule has 4 heteroatoms. The van der Waals surface area contributed by atoms with E-state index in [2.05, 4.69) is 15.3 Å². The SMILES string of the molecule is Clc1ccc(NCc2ccncc2)cn1. The van der Waals surface area contributed by atoms with Crippen LogP contribution in [0.2, 0.25) is 5.15 Å². The fourth-order valence-corrected chi connectivity index (χ4v) is 1.30. The Hall–Kier alpha value is -1.61. The summed E-state index contributed by atoms with van der Waals surface area (Å²) in [5.41, 5.74) is 2.14. The molecule has 2 rings (SSSR count). The zero-order valence-corrected chi connectivity index (χ0v) is 8.78. The summed E-state index contributed by atoms with van der Waals surface area (Å²) in [4.78, 5) is 7.94. The van der Waals surface area contributed by atoms with Gasteiger partial charge in [-0.05, 0) is 29.8 Å². The second-order valence-corrected chi connectivity index (χ2v) is 3.47. The van der Waals surface area contributed by atoms with Crippen molar-refractivity contribution in [2.75, 3.05) is 5.32 Å². The topological polar surface area (TPSA) is 37.8 Å². The van der Waals surface area contributed by atoms with Gasteiger partial charge in [-0.3, -0.25) is 4.98 Å². The monoisotopic (exact) mass is 219 g/mol. The lowest BCUT2D eigenvalue weighted by molar-refractivity contribution is 1.12. The van der Waals surface area contributed by atoms with Crippen LogP contribution in [-0.2, 0) is 6.54 Å². The minimum atomic E-state index is 0.504. The van der Waals surface area contributed by atoms with Crippen LogP contribution in [0.15, 0.2) is 42.9 Å². The molecule has 0 aliphatic heterocycles. The Balaban J connectivity index is 1.96. The van der Waals surface area contributed by atoms with Crippen LogP contribution in [-0.4, -0.2) is 9.97 Å². The maximum Gasteiger partial charge on any atom is 0.129 e. The number of hydrogen-bond acceptors (Lipinski definition) is 3. The van der Waals surface area contributed by atoms with E-state index in [1.54, 1.807) is 24.7 Å². The third kappa shape index (κ3) is 2.92. The van der Waals surface area contributed by atoms with Crippen LogP contribution in [0.3, 0.4) is 0 Å². The highest BCUT2D eigenvalue weighted by molar-refractivity contribution is 6.29. The van der Waals surface area contributed by atoms with Gasteiger partial charge in [0, 0.05) is 18.9 Å². The van der Waals surface area contributed by atoms with Gasteiger partial charge in [-0.15, -0.1) is 0 Å². The fourth-order valence-electron chi connectivity index (χ4n) is 1.19. The van der Waals surface area contributed by atoms with Crippen LogP contribution in [0, 0.1) is 0 Å². The molecule has 0 unspecified atom stereocenters. The number of nitrogens with one attached hydrogen (secondary N) is 1. The summed E-state index contributed by atoms with van der Waals surface area (Å²) in [5.74, 6) is 0. The van der Waals surface area contributed by atoms with Crippen LogP contribution in [0.4, 0.5) is 5.69 Å². The minimum absolute atomic E-state index is 0.504. The van der Waals surface area contributed by atoms with Crippen molar-refractivity contribution in [1.29, 1.82) is 0 Å². The van der Waals surface area contributed by atoms with Gasteiger partial charge < -0.3 is 5.32 Å². The third-order valence-corrected chi connectivity index (χ3v) is 2.20. The van der Waals surface area contributed by atoms with Crippen molar-refractivity contribution in [1.82, 2.24) is 9.97 Å². The highest BCUT2D eigenvalue weighted by Gasteiger charge is 1.94. The van der Waals surface area contributed by atoms with Gasteiger partial charge >= 0.3 is 0 Å². The van der Waals surface area contributed by atoms with E-state index in [1.807, 2.05) is 18.2 Å². The normalized spacial score (nSPS) is 9.93. The molecule has 15 heavy (non-hydrogen) atoms. The van der Waals surface area contributed by atoms with Crippen molar-refractivity contribution in [3.63, 3.8) is 0 Å². The van der Waals surface area contributed by atoms with Gasteiger partial charge in [-0.2, -0.15) is 0 Å². The number of anilines is 1. The number of aromatic nitrogens is 2. The van der Waals surface area contributed by atoms with E-state index in [4.69, 9.17) is 11.6 Å². The van der Waals surface area contributed by atoms with Crippen LogP contribution in [0.25, 0.3) is 0 Å². The van der Waals surface area contributed by atoms with Crippen LogP contribution in [0.1, 0.15) is 5.56 Å². The predicted octanol–water partition coefficient (Wildman–Crippen LogP) is 2.74. The zero-order chi connectivity index (χ0) is 10.5. The first-order valence-corrected chi connectivity index (χ1v) is 4.97. The molecule has 0 amide bonds. The molecule has 0 aromatic carbocycles. The Morgan fingerprint density at radius 1 is 1.13 bits per heavy atom. The average Bonchev–Trinajstić information content (AvgIpc) is 2.30. The summed E-state index contributed by atoms with van der Waals surface area (Å²) in [5, 5.41) is 3.74. The van der Waals surface area contributed by atoms with Gasteiger partial charge in [0.1, 0.15) is 5.15 Å². The summed E-state index contributed by atoms with van der Waals surface area (Å²) >= 11 is 5.68. The Morgan fingerprint density at radius 2 is 1.93 bits per heavy atom. The molecule has 0 radical (unpaired) electrons. The molecule has 0 saturated heterocycles. The van der Waals surface area contributed by atoms with E-state index in [-0.39, 0.29) is 0 Å². The molecule has 0 bridgehead atoms. The molecule has 0 atom stereocenters. The molecule has 3 nitrogen and oxygen atoms in total. The molecule has 0 spiro atoms. The maximum atomic E-state index is 5.68. The first kappa shape index (κ1) is 9.93. The van der Waals surface area contributed by atoms with Gasteiger partial charge in [0.25, 0.3) is 0 Å². The molecule has 0 saturated carbocycles. The zero-order valence-electron chi connectivity index (χ0n) is 8.02. The van der Waals surface area contributed by atoms with Crippen molar-refractivity contribution in [2.45, 2.75) is 6.54 Å². The van der Waals surface area contributed by atoms with Gasteiger partial charge in [0.15, 0.2) is 0 Å². The Bertz CT molecular complexity index is 414.